The summed E-state index contributed by atoms with van der Waals surface area (Å²) in [5.41, 5.74) is 2.87. The van der Waals surface area contributed by atoms with Crippen molar-refractivity contribution in [3.05, 3.63) is 59.5 Å². The van der Waals surface area contributed by atoms with Crippen LogP contribution in [0, 0.1) is 12.7 Å². The van der Waals surface area contributed by atoms with Gasteiger partial charge in [-0.1, -0.05) is 24.3 Å². The number of halogens is 1. The SMILES string of the molecule is CCn1nc(COc2cc(C)ccc2F)c2ccccc21. The Balaban J connectivity index is 1.90. The molecule has 0 atom stereocenters. The molecule has 0 N–H and O–H groups in total. The quantitative estimate of drug-likeness (QED) is 0.721. The van der Waals surface area contributed by atoms with Gasteiger partial charge in [-0.05, 0) is 37.6 Å². The summed E-state index contributed by atoms with van der Waals surface area (Å²) in [5, 5.41) is 5.59. The monoisotopic (exact) mass is 284 g/mol. The highest BCUT2D eigenvalue weighted by Crippen LogP contribution is 2.23. The Morgan fingerprint density at radius 2 is 2.00 bits per heavy atom. The number of benzene rings is 2. The van der Waals surface area contributed by atoms with E-state index < -0.39 is 0 Å². The van der Waals surface area contributed by atoms with Crippen molar-refractivity contribution in [1.29, 1.82) is 0 Å². The molecule has 4 heteroatoms. The van der Waals surface area contributed by atoms with Gasteiger partial charge in [0.1, 0.15) is 12.3 Å². The first kappa shape index (κ1) is 13.6. The van der Waals surface area contributed by atoms with Crippen LogP contribution in [0.2, 0.25) is 0 Å². The lowest BCUT2D eigenvalue weighted by molar-refractivity contribution is 0.285. The van der Waals surface area contributed by atoms with Crippen molar-refractivity contribution < 1.29 is 9.13 Å². The van der Waals surface area contributed by atoms with Crippen LogP contribution in [0.15, 0.2) is 42.5 Å². The Bertz CT molecular complexity index is 780. The predicted molar refractivity (Wildman–Crippen MR) is 80.9 cm³/mol. The van der Waals surface area contributed by atoms with Crippen LogP contribution < -0.4 is 4.74 Å². The Morgan fingerprint density at radius 3 is 2.81 bits per heavy atom. The molecule has 3 nitrogen and oxygen atoms in total. The maximum atomic E-state index is 13.7. The van der Waals surface area contributed by atoms with Crippen LogP contribution in [-0.2, 0) is 13.2 Å². The molecule has 0 saturated carbocycles. The molecule has 0 unspecified atom stereocenters. The van der Waals surface area contributed by atoms with Crippen molar-refractivity contribution >= 4 is 10.9 Å². The molecule has 0 saturated heterocycles. The number of fused-ring (bicyclic) bond motifs is 1. The lowest BCUT2D eigenvalue weighted by Gasteiger charge is -2.06. The summed E-state index contributed by atoms with van der Waals surface area (Å²) in [5.74, 6) is -0.0787. The number of hydrogen-bond donors (Lipinski definition) is 0. The van der Waals surface area contributed by atoms with E-state index >= 15 is 0 Å². The minimum absolute atomic E-state index is 0.258. The highest BCUT2D eigenvalue weighted by atomic mass is 19.1. The molecule has 3 rings (SSSR count). The lowest BCUT2D eigenvalue weighted by atomic mass is 10.2. The van der Waals surface area contributed by atoms with Gasteiger partial charge in [0.05, 0.1) is 5.52 Å². The van der Waals surface area contributed by atoms with Crippen molar-refractivity contribution in [2.24, 2.45) is 0 Å². The molecule has 0 aliphatic carbocycles. The third-order valence-electron chi connectivity index (χ3n) is 3.49. The largest absolute Gasteiger partial charge is 0.484 e. The molecule has 3 aromatic rings. The van der Waals surface area contributed by atoms with Gasteiger partial charge in [0, 0.05) is 11.9 Å². The zero-order valence-corrected chi connectivity index (χ0v) is 12.1. The molecule has 21 heavy (non-hydrogen) atoms. The summed E-state index contributed by atoms with van der Waals surface area (Å²) >= 11 is 0. The van der Waals surface area contributed by atoms with Crippen LogP contribution in [0.3, 0.4) is 0 Å². The number of rotatable bonds is 4. The predicted octanol–water partition coefficient (Wildman–Crippen LogP) is 4.08. The zero-order valence-electron chi connectivity index (χ0n) is 12.1. The van der Waals surface area contributed by atoms with Crippen LogP contribution in [0.25, 0.3) is 10.9 Å². The lowest BCUT2D eigenvalue weighted by Crippen LogP contribution is -2.01. The molecule has 0 aliphatic rings. The Hall–Kier alpha value is -2.36. The van der Waals surface area contributed by atoms with Crippen LogP contribution in [-0.4, -0.2) is 9.78 Å². The smallest absolute Gasteiger partial charge is 0.165 e. The summed E-state index contributed by atoms with van der Waals surface area (Å²) in [6.07, 6.45) is 0. The first-order valence-corrected chi connectivity index (χ1v) is 7.02. The normalized spacial score (nSPS) is 11.0. The van der Waals surface area contributed by atoms with Crippen molar-refractivity contribution in [1.82, 2.24) is 9.78 Å². The van der Waals surface area contributed by atoms with E-state index in [1.165, 1.54) is 6.07 Å². The van der Waals surface area contributed by atoms with Gasteiger partial charge in [-0.2, -0.15) is 5.10 Å². The van der Waals surface area contributed by atoms with Crippen LogP contribution in [0.4, 0.5) is 4.39 Å². The molecule has 0 aliphatic heterocycles. The Kier molecular flexibility index (Phi) is 3.60. The first-order chi connectivity index (χ1) is 10.2. The summed E-state index contributed by atoms with van der Waals surface area (Å²) < 4.78 is 21.3. The van der Waals surface area contributed by atoms with Crippen molar-refractivity contribution in [2.45, 2.75) is 27.0 Å². The van der Waals surface area contributed by atoms with Crippen molar-refractivity contribution in [3.63, 3.8) is 0 Å². The second-order valence-electron chi connectivity index (χ2n) is 5.00. The molecule has 108 valence electrons. The van der Waals surface area contributed by atoms with E-state index in [1.807, 2.05) is 42.8 Å². The van der Waals surface area contributed by atoms with Gasteiger partial charge >= 0.3 is 0 Å². The second kappa shape index (κ2) is 5.56. The molecule has 1 aromatic heterocycles. The van der Waals surface area contributed by atoms with Gasteiger partial charge in [-0.3, -0.25) is 4.68 Å². The maximum Gasteiger partial charge on any atom is 0.165 e. The fraction of sp³-hybridized carbons (Fsp3) is 0.235. The molecule has 1 heterocycles. The van der Waals surface area contributed by atoms with Gasteiger partial charge in [-0.25, -0.2) is 4.39 Å². The molecule has 0 radical (unpaired) electrons. The van der Waals surface area contributed by atoms with Crippen LogP contribution >= 0.6 is 0 Å². The van der Waals surface area contributed by atoms with E-state index in [-0.39, 0.29) is 18.2 Å². The second-order valence-corrected chi connectivity index (χ2v) is 5.00. The zero-order chi connectivity index (χ0) is 14.8. The summed E-state index contributed by atoms with van der Waals surface area (Å²) in [7, 11) is 0. The van der Waals surface area contributed by atoms with Gasteiger partial charge < -0.3 is 4.74 Å². The molecule has 0 bridgehead atoms. The minimum Gasteiger partial charge on any atom is -0.484 e. The fourth-order valence-corrected chi connectivity index (χ4v) is 2.41. The van der Waals surface area contributed by atoms with Crippen LogP contribution in [0.1, 0.15) is 18.2 Å². The molecule has 0 fully saturated rings. The third-order valence-corrected chi connectivity index (χ3v) is 3.49. The van der Waals surface area contributed by atoms with E-state index in [2.05, 4.69) is 5.10 Å². The topological polar surface area (TPSA) is 27.1 Å². The van der Waals surface area contributed by atoms with E-state index in [1.54, 1.807) is 12.1 Å². The van der Waals surface area contributed by atoms with E-state index in [0.29, 0.717) is 0 Å². The minimum atomic E-state index is -0.347. The summed E-state index contributed by atoms with van der Waals surface area (Å²) in [6, 6.07) is 12.9. The molecular weight excluding hydrogens is 267 g/mol. The summed E-state index contributed by atoms with van der Waals surface area (Å²) in [4.78, 5) is 0. The first-order valence-electron chi connectivity index (χ1n) is 7.02. The van der Waals surface area contributed by atoms with E-state index in [9.17, 15) is 4.39 Å². The standard InChI is InChI=1S/C17H17FN2O/c1-3-20-16-7-5-4-6-13(16)15(19-20)11-21-17-10-12(2)8-9-14(17)18/h4-10H,3,11H2,1-2H3. The van der Waals surface area contributed by atoms with E-state index in [0.717, 1.165) is 28.7 Å². The number of para-hydroxylation sites is 1. The Morgan fingerprint density at radius 1 is 1.19 bits per heavy atom. The van der Waals surface area contributed by atoms with Gasteiger partial charge in [0.2, 0.25) is 0 Å². The van der Waals surface area contributed by atoms with Crippen LogP contribution in [0.5, 0.6) is 5.75 Å². The van der Waals surface area contributed by atoms with Crippen molar-refractivity contribution in [3.8, 4) is 5.75 Å². The van der Waals surface area contributed by atoms with E-state index in [4.69, 9.17) is 4.74 Å². The molecule has 0 amide bonds. The van der Waals surface area contributed by atoms with Gasteiger partial charge in [0.25, 0.3) is 0 Å². The molecule has 2 aromatic carbocycles. The Labute approximate surface area is 123 Å². The number of nitrogens with zero attached hydrogens (tertiary/aromatic N) is 2. The number of ether oxygens (including phenoxy) is 1. The average Bonchev–Trinajstić information content (AvgIpc) is 2.86. The number of aromatic nitrogens is 2. The van der Waals surface area contributed by atoms with Crippen molar-refractivity contribution in [2.75, 3.05) is 0 Å². The highest BCUT2D eigenvalue weighted by molar-refractivity contribution is 5.81. The number of aryl methyl sites for hydroxylation is 2. The molecule has 0 spiro atoms. The fourth-order valence-electron chi connectivity index (χ4n) is 2.41. The van der Waals surface area contributed by atoms with Gasteiger partial charge in [-0.15, -0.1) is 0 Å². The van der Waals surface area contributed by atoms with Gasteiger partial charge in [0.15, 0.2) is 11.6 Å². The highest BCUT2D eigenvalue weighted by Gasteiger charge is 2.11. The third kappa shape index (κ3) is 2.61. The molecular formula is C17H17FN2O. The number of hydrogen-bond acceptors (Lipinski definition) is 2. The average molecular weight is 284 g/mol. The maximum absolute atomic E-state index is 13.7. The summed E-state index contributed by atoms with van der Waals surface area (Å²) in [6.45, 7) is 5.00.